The topological polar surface area (TPSA) is 60.7 Å². The van der Waals surface area contributed by atoms with Crippen LogP contribution in [0.1, 0.15) is 27.7 Å². The molecule has 0 aromatic heterocycles. The van der Waals surface area contributed by atoms with Crippen LogP contribution in [0.2, 0.25) is 0 Å². The third-order valence-corrected chi connectivity index (χ3v) is 3.58. The lowest BCUT2D eigenvalue weighted by atomic mass is 10.2. The summed E-state index contributed by atoms with van der Waals surface area (Å²) in [5.41, 5.74) is 0. The summed E-state index contributed by atoms with van der Waals surface area (Å²) in [5.74, 6) is -0.767. The van der Waals surface area contributed by atoms with Gasteiger partial charge in [-0.3, -0.25) is 0 Å². The fourth-order valence-corrected chi connectivity index (χ4v) is 2.28. The molecular formula is C14H24NO4P. The van der Waals surface area contributed by atoms with Crippen LogP contribution in [0.3, 0.4) is 0 Å². The molecule has 0 aromatic carbocycles. The number of rotatable bonds is 4. The van der Waals surface area contributed by atoms with E-state index in [1.165, 1.54) is 0 Å². The summed E-state index contributed by atoms with van der Waals surface area (Å²) < 4.78 is 22.7. The summed E-state index contributed by atoms with van der Waals surface area (Å²) in [5, 5.41) is 8.39. The fourth-order valence-electron chi connectivity index (χ4n) is 2.02. The van der Waals surface area contributed by atoms with Crippen molar-refractivity contribution in [2.75, 3.05) is 13.2 Å². The molecular weight excluding hydrogens is 277 g/mol. The lowest BCUT2D eigenvalue weighted by Crippen LogP contribution is -2.47. The molecule has 0 aliphatic carbocycles. The highest BCUT2D eigenvalue weighted by atomic mass is 31.0. The van der Waals surface area contributed by atoms with E-state index in [0.29, 0.717) is 6.61 Å². The molecule has 1 aliphatic heterocycles. The molecule has 3 unspecified atom stereocenters. The van der Waals surface area contributed by atoms with Crippen molar-refractivity contribution in [1.82, 2.24) is 0 Å². The molecule has 1 saturated heterocycles. The summed E-state index contributed by atoms with van der Waals surface area (Å²) in [6, 6.07) is 1.92. The van der Waals surface area contributed by atoms with E-state index in [4.69, 9.17) is 24.2 Å². The molecule has 1 aliphatic rings. The zero-order chi connectivity index (χ0) is 15.2. The van der Waals surface area contributed by atoms with Gasteiger partial charge in [-0.1, -0.05) is 12.2 Å². The van der Waals surface area contributed by atoms with Gasteiger partial charge < -0.3 is 18.9 Å². The summed E-state index contributed by atoms with van der Waals surface area (Å²) in [7, 11) is 2.65. The maximum atomic E-state index is 8.39. The number of hydrogen-bond acceptors (Lipinski definition) is 5. The van der Waals surface area contributed by atoms with E-state index < -0.39 is 5.79 Å². The summed E-state index contributed by atoms with van der Waals surface area (Å²) in [6.45, 7) is 8.18. The maximum Gasteiger partial charge on any atom is 0.163 e. The first-order valence-corrected chi connectivity index (χ1v) is 7.40. The molecule has 1 heterocycles. The minimum absolute atomic E-state index is 0.0894. The van der Waals surface area contributed by atoms with Crippen molar-refractivity contribution in [3.63, 3.8) is 0 Å². The lowest BCUT2D eigenvalue weighted by Gasteiger charge is -2.40. The van der Waals surface area contributed by atoms with Crippen LogP contribution in [0.25, 0.3) is 0 Å². The molecule has 5 nitrogen and oxygen atoms in total. The minimum atomic E-state index is -0.652. The first-order valence-electron chi connectivity index (χ1n) is 6.74. The van der Waals surface area contributed by atoms with E-state index >= 15 is 0 Å². The molecule has 0 saturated carbocycles. The van der Waals surface area contributed by atoms with Crippen LogP contribution in [0.4, 0.5) is 0 Å². The van der Waals surface area contributed by atoms with Crippen LogP contribution < -0.4 is 0 Å². The molecule has 0 aromatic rings. The van der Waals surface area contributed by atoms with Gasteiger partial charge in [-0.25, -0.2) is 0 Å². The Morgan fingerprint density at radius 2 is 1.95 bits per heavy atom. The second-order valence-corrected chi connectivity index (χ2v) is 5.87. The molecule has 1 fully saturated rings. The Bertz CT molecular complexity index is 367. The van der Waals surface area contributed by atoms with Crippen LogP contribution in [-0.4, -0.2) is 43.2 Å². The number of nitriles is 1. The van der Waals surface area contributed by atoms with E-state index in [-0.39, 0.29) is 30.8 Å². The van der Waals surface area contributed by atoms with Gasteiger partial charge in [0.1, 0.15) is 12.7 Å². The predicted octanol–water partition coefficient (Wildman–Crippen LogP) is 2.23. The highest BCUT2D eigenvalue weighted by molar-refractivity contribution is 7.17. The average Bonchev–Trinajstić information content (AvgIpc) is 2.34. The van der Waals surface area contributed by atoms with E-state index in [9.17, 15) is 0 Å². The Kier molecular flexibility index (Phi) is 7.08. The van der Waals surface area contributed by atoms with Gasteiger partial charge in [0, 0.05) is 0 Å². The molecule has 0 amide bonds. The monoisotopic (exact) mass is 301 g/mol. The maximum absolute atomic E-state index is 8.39. The molecule has 0 bridgehead atoms. The second-order valence-electron chi connectivity index (χ2n) is 5.21. The van der Waals surface area contributed by atoms with E-state index in [2.05, 4.69) is 9.24 Å². The van der Waals surface area contributed by atoms with Crippen molar-refractivity contribution in [2.24, 2.45) is 0 Å². The second kappa shape index (κ2) is 8.07. The zero-order valence-electron chi connectivity index (χ0n) is 12.5. The minimum Gasteiger partial charge on any atom is -0.362 e. The largest absolute Gasteiger partial charge is 0.362 e. The standard InChI is InChI=1S/C14H24NO4P/c1-10-12(6-5-8-16-9-7-15)17-13(20)11(2)19-14(3,4)18-10/h5-6,10-13H,8-9,20H2,1-4H3/b6-5-/t10?,11?,12-,13-/m1/s1. The van der Waals surface area contributed by atoms with Gasteiger partial charge >= 0.3 is 0 Å². The Labute approximate surface area is 123 Å². The zero-order valence-corrected chi connectivity index (χ0v) is 13.7. The molecule has 20 heavy (non-hydrogen) atoms. The SMILES string of the molecule is CC1OC(C)(C)OC(C)[C@@H](/C=C\COCC#N)O[C@@H]1P. The summed E-state index contributed by atoms with van der Waals surface area (Å²) >= 11 is 0. The van der Waals surface area contributed by atoms with Gasteiger partial charge in [0.2, 0.25) is 0 Å². The van der Waals surface area contributed by atoms with Crippen molar-refractivity contribution in [2.45, 2.75) is 57.6 Å². The predicted molar refractivity (Wildman–Crippen MR) is 79.1 cm³/mol. The third-order valence-electron chi connectivity index (χ3n) is 2.89. The van der Waals surface area contributed by atoms with Crippen LogP contribution in [-0.2, 0) is 18.9 Å². The van der Waals surface area contributed by atoms with Gasteiger partial charge in [0.05, 0.1) is 30.7 Å². The van der Waals surface area contributed by atoms with Crippen molar-refractivity contribution in [3.8, 4) is 6.07 Å². The highest BCUT2D eigenvalue weighted by Crippen LogP contribution is 2.28. The van der Waals surface area contributed by atoms with Crippen molar-refractivity contribution in [1.29, 1.82) is 5.26 Å². The fraction of sp³-hybridized carbons (Fsp3) is 0.786. The van der Waals surface area contributed by atoms with Crippen LogP contribution in [0.5, 0.6) is 0 Å². The van der Waals surface area contributed by atoms with Gasteiger partial charge in [0.15, 0.2) is 5.79 Å². The Balaban J connectivity index is 2.65. The molecule has 5 atom stereocenters. The van der Waals surface area contributed by atoms with E-state index in [1.54, 1.807) is 0 Å². The van der Waals surface area contributed by atoms with Gasteiger partial charge in [0.25, 0.3) is 0 Å². The average molecular weight is 301 g/mol. The van der Waals surface area contributed by atoms with E-state index in [0.717, 1.165) is 0 Å². The third kappa shape index (κ3) is 5.87. The summed E-state index contributed by atoms with van der Waals surface area (Å²) in [6.07, 6.45) is 3.34. The van der Waals surface area contributed by atoms with Crippen molar-refractivity contribution in [3.05, 3.63) is 12.2 Å². The number of hydrogen-bond donors (Lipinski definition) is 0. The smallest absolute Gasteiger partial charge is 0.163 e. The Morgan fingerprint density at radius 1 is 1.30 bits per heavy atom. The molecule has 0 N–H and O–H groups in total. The first kappa shape index (κ1) is 17.6. The highest BCUT2D eigenvalue weighted by Gasteiger charge is 2.34. The van der Waals surface area contributed by atoms with Gasteiger partial charge in [-0.15, -0.1) is 9.24 Å². The first-order chi connectivity index (χ1) is 9.35. The van der Waals surface area contributed by atoms with E-state index in [1.807, 2.05) is 45.9 Å². The normalized spacial score (nSPS) is 34.4. The quantitative estimate of drug-likeness (QED) is 0.453. The molecule has 114 valence electrons. The van der Waals surface area contributed by atoms with Crippen molar-refractivity contribution < 1.29 is 18.9 Å². The molecule has 1 rings (SSSR count). The summed E-state index contributed by atoms with van der Waals surface area (Å²) in [4.78, 5) is 0. The van der Waals surface area contributed by atoms with Crippen LogP contribution in [0.15, 0.2) is 12.2 Å². The van der Waals surface area contributed by atoms with Crippen LogP contribution >= 0.6 is 9.24 Å². The van der Waals surface area contributed by atoms with Gasteiger partial charge in [-0.05, 0) is 27.7 Å². The lowest BCUT2D eigenvalue weighted by molar-refractivity contribution is -0.294. The molecule has 0 spiro atoms. The number of nitrogens with zero attached hydrogens (tertiary/aromatic N) is 1. The number of ether oxygens (including phenoxy) is 4. The Hall–Kier alpha value is -0.500. The molecule has 6 heteroatoms. The van der Waals surface area contributed by atoms with Gasteiger partial charge in [-0.2, -0.15) is 5.26 Å². The molecule has 0 radical (unpaired) electrons. The Morgan fingerprint density at radius 3 is 2.60 bits per heavy atom. The van der Waals surface area contributed by atoms with Crippen molar-refractivity contribution >= 4 is 9.24 Å². The van der Waals surface area contributed by atoms with Crippen LogP contribution in [0, 0.1) is 11.3 Å².